The van der Waals surface area contributed by atoms with E-state index in [1.54, 1.807) is 18.2 Å². The highest BCUT2D eigenvalue weighted by Crippen LogP contribution is 2.39. The lowest BCUT2D eigenvalue weighted by Gasteiger charge is -2.35. The highest BCUT2D eigenvalue weighted by Gasteiger charge is 2.45. The fourth-order valence-corrected chi connectivity index (χ4v) is 10.6. The predicted octanol–water partition coefficient (Wildman–Crippen LogP) is 6.44. The third kappa shape index (κ3) is 7.56. The Morgan fingerprint density at radius 2 is 1.93 bits per heavy atom. The van der Waals surface area contributed by atoms with Gasteiger partial charge < -0.3 is 39.8 Å². The number of esters is 1. The number of ether oxygens (including phenoxy) is 1. The normalized spacial score (nSPS) is 18.7. The van der Waals surface area contributed by atoms with Gasteiger partial charge in [0.05, 0.1) is 38.7 Å². The molecule has 0 unspecified atom stereocenters. The summed E-state index contributed by atoms with van der Waals surface area (Å²) in [5.74, 6) is -0.609. The number of nitrogens with zero attached hydrogens (tertiary/aromatic N) is 3. The van der Waals surface area contributed by atoms with Gasteiger partial charge in [-0.3, -0.25) is 4.79 Å². The molecular formula is C43H49N5O6S2. The van der Waals surface area contributed by atoms with Gasteiger partial charge in [0.15, 0.2) is 0 Å². The molecule has 0 aliphatic heterocycles. The van der Waals surface area contributed by atoms with Crippen LogP contribution in [0.2, 0.25) is 0 Å². The number of rotatable bonds is 14. The van der Waals surface area contributed by atoms with Crippen molar-refractivity contribution in [1.82, 2.24) is 24.8 Å². The highest BCUT2D eigenvalue weighted by atomic mass is 32.1. The number of aromatic nitrogens is 3. The summed E-state index contributed by atoms with van der Waals surface area (Å²) in [4.78, 5) is 37.5. The average molecular weight is 796 g/mol. The Hall–Kier alpha value is -4.37. The largest absolute Gasteiger partial charge is 0.506 e. The lowest BCUT2D eigenvalue weighted by atomic mass is 9.91. The molecule has 8 rings (SSSR count). The molecule has 0 saturated heterocycles. The van der Waals surface area contributed by atoms with Crippen molar-refractivity contribution in [2.24, 2.45) is 0 Å². The van der Waals surface area contributed by atoms with E-state index in [1.807, 2.05) is 36.8 Å². The number of benzene rings is 2. The summed E-state index contributed by atoms with van der Waals surface area (Å²) in [7, 11) is 2.19. The van der Waals surface area contributed by atoms with Crippen LogP contribution in [0.25, 0.3) is 21.9 Å². The summed E-state index contributed by atoms with van der Waals surface area (Å²) >= 11 is 2.79. The Morgan fingerprint density at radius 3 is 2.70 bits per heavy atom. The summed E-state index contributed by atoms with van der Waals surface area (Å²) in [6.07, 6.45) is 8.49. The number of pyridine rings is 1. The zero-order valence-electron chi connectivity index (χ0n) is 31.8. The third-order valence-corrected chi connectivity index (χ3v) is 13.8. The van der Waals surface area contributed by atoms with E-state index >= 15 is 0 Å². The van der Waals surface area contributed by atoms with E-state index in [2.05, 4.69) is 32.9 Å². The first-order valence-corrected chi connectivity index (χ1v) is 21.3. The number of aromatic hydroxyl groups is 1. The second-order valence-electron chi connectivity index (χ2n) is 15.4. The van der Waals surface area contributed by atoms with Crippen molar-refractivity contribution >= 4 is 50.6 Å². The SMILES string of the molecule is Cc1ccc([C@@](O)(C(=O)OC2CCC(N(C)CCCn3cnc4cc(CNC[C@H](O)c5ccc(O)c6[nH]c(=O)ccc56)c5c(c43)CCC5)CC2)c2cccs2)s1. The summed E-state index contributed by atoms with van der Waals surface area (Å²) in [6, 6.07) is 16.2. The fourth-order valence-electron chi connectivity index (χ4n) is 8.72. The molecule has 2 aliphatic rings. The molecule has 0 amide bonds. The molecule has 294 valence electrons. The molecule has 0 bridgehead atoms. The number of carbonyl (C=O) groups is 1. The Kier molecular flexibility index (Phi) is 11.2. The van der Waals surface area contributed by atoms with E-state index < -0.39 is 17.7 Å². The molecule has 2 aliphatic carbocycles. The van der Waals surface area contributed by atoms with E-state index in [0.717, 1.165) is 74.8 Å². The fraction of sp³-hybridized carbons (Fsp3) is 0.419. The lowest BCUT2D eigenvalue weighted by molar-refractivity contribution is -0.169. The van der Waals surface area contributed by atoms with Crippen LogP contribution in [0, 0.1) is 6.92 Å². The zero-order chi connectivity index (χ0) is 39.0. The molecule has 4 heterocycles. The van der Waals surface area contributed by atoms with Crippen LogP contribution in [0.4, 0.5) is 0 Å². The second-order valence-corrected chi connectivity index (χ2v) is 17.6. The van der Waals surface area contributed by atoms with Gasteiger partial charge in [-0.05, 0) is 136 Å². The molecular weight excluding hydrogens is 747 g/mol. The van der Waals surface area contributed by atoms with Gasteiger partial charge in [-0.1, -0.05) is 12.1 Å². The zero-order valence-corrected chi connectivity index (χ0v) is 33.4. The van der Waals surface area contributed by atoms with E-state index in [1.165, 1.54) is 57.0 Å². The van der Waals surface area contributed by atoms with Crippen LogP contribution < -0.4 is 10.9 Å². The minimum atomic E-state index is -1.78. The van der Waals surface area contributed by atoms with E-state index in [9.17, 15) is 24.9 Å². The van der Waals surface area contributed by atoms with Gasteiger partial charge >= 0.3 is 5.97 Å². The molecule has 6 aromatic rings. The molecule has 1 saturated carbocycles. The van der Waals surface area contributed by atoms with Gasteiger partial charge in [-0.2, -0.15) is 0 Å². The Balaban J connectivity index is 0.843. The van der Waals surface area contributed by atoms with Gasteiger partial charge in [-0.15, -0.1) is 22.7 Å². The molecule has 2 aromatic carbocycles. The molecule has 0 spiro atoms. The van der Waals surface area contributed by atoms with Gasteiger partial charge in [0.25, 0.3) is 0 Å². The number of hydrogen-bond acceptors (Lipinski definition) is 11. The molecule has 4 aromatic heterocycles. The number of aliphatic hydroxyl groups excluding tert-OH is 1. The molecule has 5 N–H and O–H groups in total. The number of aromatic amines is 1. The molecule has 0 radical (unpaired) electrons. The van der Waals surface area contributed by atoms with Crippen LogP contribution in [0.5, 0.6) is 5.75 Å². The number of aliphatic hydroxyl groups is 2. The van der Waals surface area contributed by atoms with Crippen molar-refractivity contribution in [3.8, 4) is 5.75 Å². The number of nitrogens with one attached hydrogen (secondary N) is 2. The van der Waals surface area contributed by atoms with Gasteiger partial charge in [0.1, 0.15) is 11.9 Å². The second kappa shape index (κ2) is 16.2. The van der Waals surface area contributed by atoms with Gasteiger partial charge in [0, 0.05) is 42.0 Å². The van der Waals surface area contributed by atoms with Crippen LogP contribution in [-0.2, 0) is 41.1 Å². The Bertz CT molecular complexity index is 2390. The lowest BCUT2D eigenvalue weighted by Crippen LogP contribution is -2.42. The van der Waals surface area contributed by atoms with Crippen molar-refractivity contribution in [3.05, 3.63) is 114 Å². The third-order valence-electron chi connectivity index (χ3n) is 11.7. The van der Waals surface area contributed by atoms with E-state index in [0.29, 0.717) is 45.4 Å². The monoisotopic (exact) mass is 795 g/mol. The first-order valence-electron chi connectivity index (χ1n) is 19.6. The number of hydrogen-bond donors (Lipinski definition) is 5. The van der Waals surface area contributed by atoms with Crippen molar-refractivity contribution in [1.29, 1.82) is 0 Å². The number of phenols is 1. The molecule has 2 atom stereocenters. The number of fused-ring (bicyclic) bond motifs is 4. The van der Waals surface area contributed by atoms with E-state index in [-0.39, 0.29) is 17.4 Å². The Labute approximate surface area is 333 Å². The maximum Gasteiger partial charge on any atom is 0.349 e. The standard InChI is InChI=1S/C43H49N5O6S2/c1-26-9-17-38(56-26)43(53,37-8-4-21-55-37)42(52)54-29-12-10-28(11-13-29)47(2)19-5-20-48-25-45-34-22-27(30-6-3-7-33(30)41(34)48)23-44-24-36(50)31-14-16-35(49)40-32(31)15-18-39(51)46-40/h4,8-9,14-18,21-22,25,28-29,36,44,49-50,53H,3,5-7,10-13,19-20,23-24H2,1-2H3,(H,46,51)/t28?,29?,36-,43+/m0/s1. The number of imidazole rings is 1. The average Bonchev–Trinajstić information content (AvgIpc) is 4.03. The number of aryl methyl sites for hydroxylation is 3. The number of carbonyl (C=O) groups excluding carboxylic acids is 1. The maximum absolute atomic E-state index is 13.6. The first kappa shape index (κ1) is 38.5. The summed E-state index contributed by atoms with van der Waals surface area (Å²) in [5.41, 5.74) is 5.08. The topological polar surface area (TPSA) is 153 Å². The minimum Gasteiger partial charge on any atom is -0.506 e. The first-order chi connectivity index (χ1) is 27.1. The predicted molar refractivity (Wildman–Crippen MR) is 220 cm³/mol. The summed E-state index contributed by atoms with van der Waals surface area (Å²) in [6.45, 7) is 4.71. The van der Waals surface area contributed by atoms with Crippen molar-refractivity contribution < 1.29 is 24.9 Å². The summed E-state index contributed by atoms with van der Waals surface area (Å²) in [5, 5.41) is 39.0. The quantitative estimate of drug-likeness (QED) is 0.0785. The maximum atomic E-state index is 13.6. The van der Waals surface area contributed by atoms with Crippen LogP contribution >= 0.6 is 22.7 Å². The number of phenolic OH excluding ortho intramolecular Hbond substituents is 1. The van der Waals surface area contributed by atoms with Crippen LogP contribution in [-0.4, -0.2) is 73.0 Å². The van der Waals surface area contributed by atoms with Crippen molar-refractivity contribution in [2.45, 2.75) is 95.2 Å². The molecule has 1 fully saturated rings. The molecule has 56 heavy (non-hydrogen) atoms. The number of H-pyrrole nitrogens is 1. The van der Waals surface area contributed by atoms with Crippen molar-refractivity contribution in [3.63, 3.8) is 0 Å². The minimum absolute atomic E-state index is 0.0257. The van der Waals surface area contributed by atoms with Gasteiger partial charge in [0.2, 0.25) is 11.2 Å². The van der Waals surface area contributed by atoms with Crippen LogP contribution in [0.1, 0.15) is 81.5 Å². The summed E-state index contributed by atoms with van der Waals surface area (Å²) < 4.78 is 8.34. The van der Waals surface area contributed by atoms with E-state index in [4.69, 9.17) is 9.72 Å². The van der Waals surface area contributed by atoms with Crippen LogP contribution in [0.15, 0.2) is 71.1 Å². The molecule has 11 nitrogen and oxygen atoms in total. The highest BCUT2D eigenvalue weighted by molar-refractivity contribution is 7.13. The number of thiophene rings is 2. The smallest absolute Gasteiger partial charge is 0.349 e. The Morgan fingerprint density at radius 1 is 1.11 bits per heavy atom. The van der Waals surface area contributed by atoms with Gasteiger partial charge in [-0.25, -0.2) is 9.78 Å². The molecule has 13 heteroatoms. The van der Waals surface area contributed by atoms with Crippen LogP contribution in [0.3, 0.4) is 0 Å². The van der Waals surface area contributed by atoms with Crippen molar-refractivity contribution in [2.75, 3.05) is 20.1 Å².